The molecule has 1 aromatic rings. The lowest BCUT2D eigenvalue weighted by Crippen LogP contribution is -2.28. The van der Waals surface area contributed by atoms with Crippen LogP contribution < -0.4 is 10.5 Å². The molecule has 0 bridgehead atoms. The van der Waals surface area contributed by atoms with Crippen molar-refractivity contribution in [2.45, 2.75) is 17.4 Å². The number of alkyl halides is 1. The summed E-state index contributed by atoms with van der Waals surface area (Å²) in [6.45, 7) is 1.20. The van der Waals surface area contributed by atoms with Gasteiger partial charge in [-0.2, -0.15) is 0 Å². The molecular formula is C12H17FN4O4S. The smallest absolute Gasteiger partial charge is 0.293 e. The van der Waals surface area contributed by atoms with Gasteiger partial charge >= 0.3 is 0 Å². The Morgan fingerprint density at radius 1 is 1.50 bits per heavy atom. The van der Waals surface area contributed by atoms with Crippen molar-refractivity contribution < 1.29 is 17.7 Å². The lowest BCUT2D eigenvalue weighted by atomic mass is 10.2. The van der Waals surface area contributed by atoms with Crippen LogP contribution in [0.2, 0.25) is 0 Å². The average molecular weight is 332 g/mol. The van der Waals surface area contributed by atoms with E-state index in [4.69, 9.17) is 5.14 Å². The number of rotatable bonds is 6. The molecule has 0 aromatic heterocycles. The van der Waals surface area contributed by atoms with Gasteiger partial charge in [0.15, 0.2) is 0 Å². The van der Waals surface area contributed by atoms with E-state index in [1.807, 2.05) is 4.90 Å². The van der Waals surface area contributed by atoms with E-state index in [-0.39, 0.29) is 22.3 Å². The number of halogens is 1. The van der Waals surface area contributed by atoms with Gasteiger partial charge in [-0.3, -0.25) is 15.0 Å². The number of sulfonamides is 1. The monoisotopic (exact) mass is 332 g/mol. The minimum absolute atomic E-state index is 0.0504. The molecule has 0 spiro atoms. The van der Waals surface area contributed by atoms with Crippen LogP contribution in [0, 0.1) is 10.1 Å². The highest BCUT2D eigenvalue weighted by atomic mass is 32.2. The van der Waals surface area contributed by atoms with Crippen LogP contribution in [0.5, 0.6) is 0 Å². The first-order valence-electron chi connectivity index (χ1n) is 6.67. The minimum Gasteiger partial charge on any atom is -0.375 e. The predicted octanol–water partition coefficient (Wildman–Crippen LogP) is 0.698. The second-order valence-electron chi connectivity index (χ2n) is 5.10. The summed E-state index contributed by atoms with van der Waals surface area (Å²) in [5.41, 5.74) is -0.125. The highest BCUT2D eigenvalue weighted by molar-refractivity contribution is 7.89. The number of nitrogens with zero attached hydrogens (tertiary/aromatic N) is 2. The van der Waals surface area contributed by atoms with E-state index in [0.717, 1.165) is 12.5 Å². The van der Waals surface area contributed by atoms with Gasteiger partial charge in [0, 0.05) is 31.7 Å². The number of hydrogen-bond donors (Lipinski definition) is 2. The van der Waals surface area contributed by atoms with Crippen molar-refractivity contribution in [3.63, 3.8) is 0 Å². The Hall–Kier alpha value is -1.78. The summed E-state index contributed by atoms with van der Waals surface area (Å²) in [7, 11) is -4.00. The predicted molar refractivity (Wildman–Crippen MR) is 78.9 cm³/mol. The van der Waals surface area contributed by atoms with Crippen LogP contribution in [-0.4, -0.2) is 50.6 Å². The normalized spacial score (nSPS) is 19.3. The van der Waals surface area contributed by atoms with Crippen LogP contribution in [0.25, 0.3) is 0 Å². The van der Waals surface area contributed by atoms with E-state index < -0.39 is 21.6 Å². The molecule has 1 heterocycles. The third-order valence-electron chi connectivity index (χ3n) is 3.53. The van der Waals surface area contributed by atoms with Crippen molar-refractivity contribution in [2.75, 3.05) is 31.6 Å². The van der Waals surface area contributed by atoms with E-state index in [1.54, 1.807) is 0 Å². The molecule has 1 atom stereocenters. The van der Waals surface area contributed by atoms with Crippen molar-refractivity contribution in [1.29, 1.82) is 0 Å². The van der Waals surface area contributed by atoms with Crippen LogP contribution in [0.3, 0.4) is 0 Å². The van der Waals surface area contributed by atoms with Gasteiger partial charge in [-0.25, -0.2) is 17.9 Å². The first kappa shape index (κ1) is 16.6. The van der Waals surface area contributed by atoms with Gasteiger partial charge < -0.3 is 5.32 Å². The number of nitrogens with two attached hydrogens (primary N) is 1. The summed E-state index contributed by atoms with van der Waals surface area (Å²) in [6, 6.07) is 3.44. The second kappa shape index (κ2) is 6.55. The van der Waals surface area contributed by atoms with Gasteiger partial charge in [-0.1, -0.05) is 0 Å². The summed E-state index contributed by atoms with van der Waals surface area (Å²) in [5, 5.41) is 19.1. The molecule has 3 N–H and O–H groups in total. The van der Waals surface area contributed by atoms with Crippen LogP contribution in [0.1, 0.15) is 6.42 Å². The van der Waals surface area contributed by atoms with E-state index in [0.29, 0.717) is 19.6 Å². The topological polar surface area (TPSA) is 119 Å². The van der Waals surface area contributed by atoms with Crippen LogP contribution in [-0.2, 0) is 10.0 Å². The number of likely N-dealkylation sites (tertiary alicyclic amines) is 1. The largest absolute Gasteiger partial charge is 0.375 e. The molecule has 8 nitrogen and oxygen atoms in total. The lowest BCUT2D eigenvalue weighted by molar-refractivity contribution is -0.384. The van der Waals surface area contributed by atoms with Crippen LogP contribution in [0.15, 0.2) is 23.1 Å². The zero-order chi connectivity index (χ0) is 16.3. The standard InChI is InChI=1S/C12H17FN4O4S/c13-4-6-16-5-3-9(8-16)15-11-2-1-10(22(14,20)21)7-12(11)17(18)19/h1-2,7,9,15H,3-6,8H2,(H2,14,20,21). The van der Waals surface area contributed by atoms with Gasteiger partial charge in [0.05, 0.1) is 9.82 Å². The van der Waals surface area contributed by atoms with Crippen molar-refractivity contribution in [3.05, 3.63) is 28.3 Å². The third kappa shape index (κ3) is 3.90. The summed E-state index contributed by atoms with van der Waals surface area (Å²) in [6.07, 6.45) is 0.730. The first-order valence-corrected chi connectivity index (χ1v) is 8.22. The van der Waals surface area contributed by atoms with Crippen molar-refractivity contribution >= 4 is 21.4 Å². The molecule has 1 unspecified atom stereocenters. The lowest BCUT2D eigenvalue weighted by Gasteiger charge is -2.16. The molecule has 2 rings (SSSR count). The molecule has 22 heavy (non-hydrogen) atoms. The zero-order valence-corrected chi connectivity index (χ0v) is 12.6. The van der Waals surface area contributed by atoms with Crippen molar-refractivity contribution in [3.8, 4) is 0 Å². The van der Waals surface area contributed by atoms with Gasteiger partial charge in [0.2, 0.25) is 10.0 Å². The highest BCUT2D eigenvalue weighted by Crippen LogP contribution is 2.29. The Bertz CT molecular complexity index is 667. The zero-order valence-electron chi connectivity index (χ0n) is 11.7. The molecule has 10 heteroatoms. The Morgan fingerprint density at radius 3 is 2.82 bits per heavy atom. The summed E-state index contributed by atoms with van der Waals surface area (Å²) in [5.74, 6) is 0. The van der Waals surface area contributed by atoms with Crippen molar-refractivity contribution in [1.82, 2.24) is 4.90 Å². The molecule has 0 aliphatic carbocycles. The number of benzene rings is 1. The maximum atomic E-state index is 12.3. The number of hydrogen-bond acceptors (Lipinski definition) is 6. The maximum absolute atomic E-state index is 12.3. The molecule has 1 aliphatic rings. The van der Waals surface area contributed by atoms with Crippen LogP contribution >= 0.6 is 0 Å². The van der Waals surface area contributed by atoms with E-state index >= 15 is 0 Å². The van der Waals surface area contributed by atoms with Crippen molar-refractivity contribution in [2.24, 2.45) is 5.14 Å². The molecule has 1 saturated heterocycles. The maximum Gasteiger partial charge on any atom is 0.293 e. The van der Waals surface area contributed by atoms with Gasteiger partial charge in [-0.05, 0) is 18.6 Å². The second-order valence-corrected chi connectivity index (χ2v) is 6.66. The quantitative estimate of drug-likeness (QED) is 0.584. The first-order chi connectivity index (χ1) is 10.3. The number of nitro benzene ring substituents is 1. The van der Waals surface area contributed by atoms with E-state index in [2.05, 4.69) is 5.32 Å². The van der Waals surface area contributed by atoms with E-state index in [1.165, 1.54) is 12.1 Å². The fourth-order valence-electron chi connectivity index (χ4n) is 2.45. The van der Waals surface area contributed by atoms with Gasteiger partial charge in [0.25, 0.3) is 5.69 Å². The van der Waals surface area contributed by atoms with E-state index in [9.17, 15) is 22.9 Å². The number of nitro groups is 1. The molecule has 122 valence electrons. The van der Waals surface area contributed by atoms with Gasteiger partial charge in [0.1, 0.15) is 12.4 Å². The number of anilines is 1. The Morgan fingerprint density at radius 2 is 2.23 bits per heavy atom. The SMILES string of the molecule is NS(=O)(=O)c1ccc(NC2CCN(CCF)C2)c([N+](=O)[O-])c1. The number of nitrogens with one attached hydrogen (secondary N) is 1. The Balaban J connectivity index is 2.19. The minimum atomic E-state index is -4.00. The fourth-order valence-corrected chi connectivity index (χ4v) is 2.99. The Kier molecular flexibility index (Phi) is 4.94. The average Bonchev–Trinajstić information content (AvgIpc) is 2.85. The summed E-state index contributed by atoms with van der Waals surface area (Å²) < 4.78 is 34.8. The molecule has 0 amide bonds. The van der Waals surface area contributed by atoms with Gasteiger partial charge in [-0.15, -0.1) is 0 Å². The third-order valence-corrected chi connectivity index (χ3v) is 4.44. The number of primary sulfonamides is 1. The molecular weight excluding hydrogens is 315 g/mol. The van der Waals surface area contributed by atoms with Crippen LogP contribution in [0.4, 0.5) is 15.8 Å². The summed E-state index contributed by atoms with van der Waals surface area (Å²) >= 11 is 0. The molecule has 1 fully saturated rings. The molecule has 1 aromatic carbocycles. The molecule has 1 aliphatic heterocycles. The molecule has 0 radical (unpaired) electrons. The fraction of sp³-hybridized carbons (Fsp3) is 0.500. The highest BCUT2D eigenvalue weighted by Gasteiger charge is 2.25. The Labute approximate surface area is 127 Å². The molecule has 0 saturated carbocycles. The summed E-state index contributed by atoms with van der Waals surface area (Å²) in [4.78, 5) is 12.1.